The van der Waals surface area contributed by atoms with Gasteiger partial charge >= 0.3 is 6.03 Å². The molecule has 0 bridgehead atoms. The average molecular weight is 395 g/mol. The predicted octanol–water partition coefficient (Wildman–Crippen LogP) is 3.37. The Morgan fingerprint density at radius 2 is 1.90 bits per heavy atom. The summed E-state index contributed by atoms with van der Waals surface area (Å²) in [7, 11) is 1.55. The lowest BCUT2D eigenvalue weighted by atomic mass is 9.93. The number of urea groups is 1. The zero-order valence-corrected chi connectivity index (χ0v) is 16.8. The van der Waals surface area contributed by atoms with Gasteiger partial charge in [0.25, 0.3) is 5.91 Å². The van der Waals surface area contributed by atoms with Crippen LogP contribution in [0.15, 0.2) is 53.6 Å². The maximum atomic E-state index is 12.8. The minimum atomic E-state index is -0.985. The quantitative estimate of drug-likeness (QED) is 0.549. The fourth-order valence-corrected chi connectivity index (χ4v) is 3.15. The van der Waals surface area contributed by atoms with Crippen LogP contribution in [0.2, 0.25) is 0 Å². The summed E-state index contributed by atoms with van der Waals surface area (Å²) in [5.74, 6) is 0.809. The minimum absolute atomic E-state index is 0.368. The van der Waals surface area contributed by atoms with Crippen molar-refractivity contribution in [2.75, 3.05) is 13.7 Å². The molecule has 29 heavy (non-hydrogen) atoms. The normalized spacial score (nSPS) is 18.9. The number of aryl methyl sites for hydroxylation is 1. The summed E-state index contributed by atoms with van der Waals surface area (Å²) in [4.78, 5) is 25.2. The first-order valence-corrected chi connectivity index (χ1v) is 9.52. The van der Waals surface area contributed by atoms with Gasteiger partial charge in [-0.25, -0.2) is 4.79 Å². The minimum Gasteiger partial charge on any atom is -0.493 e. The molecule has 0 aliphatic carbocycles. The van der Waals surface area contributed by atoms with Crippen molar-refractivity contribution in [2.45, 2.75) is 32.2 Å². The number of imide groups is 1. The Labute approximate surface area is 170 Å². The third kappa shape index (κ3) is 4.56. The lowest BCUT2D eigenvalue weighted by molar-refractivity contribution is -0.130. The first-order valence-electron chi connectivity index (χ1n) is 9.52. The van der Waals surface area contributed by atoms with Gasteiger partial charge in [-0.3, -0.25) is 4.79 Å². The van der Waals surface area contributed by atoms with Crippen molar-refractivity contribution in [3.8, 4) is 11.5 Å². The number of hydrazone groups is 1. The van der Waals surface area contributed by atoms with Crippen molar-refractivity contribution in [1.29, 1.82) is 0 Å². The molecule has 1 aliphatic heterocycles. The second-order valence-electron chi connectivity index (χ2n) is 6.95. The summed E-state index contributed by atoms with van der Waals surface area (Å²) in [6.45, 7) is 4.14. The van der Waals surface area contributed by atoms with Gasteiger partial charge in [-0.15, -0.1) is 5.01 Å². The maximum absolute atomic E-state index is 12.8. The van der Waals surface area contributed by atoms with Gasteiger partial charge in [-0.1, -0.05) is 30.3 Å². The van der Waals surface area contributed by atoms with Crippen LogP contribution >= 0.6 is 0 Å². The van der Waals surface area contributed by atoms with Crippen LogP contribution in [-0.4, -0.2) is 42.4 Å². The van der Waals surface area contributed by atoms with E-state index in [4.69, 9.17) is 9.47 Å². The maximum Gasteiger partial charge on any atom is 0.346 e. The van der Waals surface area contributed by atoms with Crippen molar-refractivity contribution in [1.82, 2.24) is 10.3 Å². The molecule has 3 rings (SSSR count). The summed E-state index contributed by atoms with van der Waals surface area (Å²) in [6, 6.07) is 14.6. The number of rotatable bonds is 8. The second kappa shape index (κ2) is 8.77. The molecule has 7 nitrogen and oxygen atoms in total. The Hall–Kier alpha value is -3.35. The van der Waals surface area contributed by atoms with E-state index < -0.39 is 11.6 Å². The summed E-state index contributed by atoms with van der Waals surface area (Å²) in [6.07, 6.45) is 2.63. The Bertz CT molecular complexity index is 914. The largest absolute Gasteiger partial charge is 0.493 e. The number of amides is 3. The fraction of sp³-hybridized carbons (Fsp3) is 0.318. The lowest BCUT2D eigenvalue weighted by Gasteiger charge is -2.20. The van der Waals surface area contributed by atoms with E-state index in [0.29, 0.717) is 36.5 Å². The number of carbonyl (C=O) groups excluding carboxylic acids is 2. The number of methoxy groups -OCH3 is 1. The second-order valence-corrected chi connectivity index (χ2v) is 6.95. The third-order valence-electron chi connectivity index (χ3n) is 4.81. The number of hydrogen-bond donors (Lipinski definition) is 1. The van der Waals surface area contributed by atoms with Crippen LogP contribution in [0.3, 0.4) is 0 Å². The molecule has 1 fully saturated rings. The Balaban J connectivity index is 1.71. The van der Waals surface area contributed by atoms with Crippen LogP contribution in [-0.2, 0) is 11.2 Å². The van der Waals surface area contributed by atoms with Crippen molar-refractivity contribution >= 4 is 18.2 Å². The van der Waals surface area contributed by atoms with Crippen molar-refractivity contribution in [3.63, 3.8) is 0 Å². The number of nitrogens with zero attached hydrogens (tertiary/aromatic N) is 2. The fourth-order valence-electron chi connectivity index (χ4n) is 3.15. The smallest absolute Gasteiger partial charge is 0.346 e. The highest BCUT2D eigenvalue weighted by Crippen LogP contribution is 2.28. The van der Waals surface area contributed by atoms with Gasteiger partial charge in [-0.05, 0) is 56.0 Å². The average Bonchev–Trinajstić information content (AvgIpc) is 2.95. The molecule has 0 spiro atoms. The van der Waals surface area contributed by atoms with Crippen LogP contribution in [0, 0.1) is 0 Å². The van der Waals surface area contributed by atoms with Gasteiger partial charge in [0.05, 0.1) is 19.9 Å². The van der Waals surface area contributed by atoms with Gasteiger partial charge in [0, 0.05) is 0 Å². The Kier molecular flexibility index (Phi) is 6.16. The van der Waals surface area contributed by atoms with E-state index in [1.165, 1.54) is 6.21 Å². The monoisotopic (exact) mass is 395 g/mol. The molecule has 1 heterocycles. The molecular formula is C22H25N3O4. The Morgan fingerprint density at radius 3 is 2.59 bits per heavy atom. The Morgan fingerprint density at radius 1 is 1.14 bits per heavy atom. The van der Waals surface area contributed by atoms with Crippen LogP contribution < -0.4 is 14.8 Å². The predicted molar refractivity (Wildman–Crippen MR) is 110 cm³/mol. The highest BCUT2D eigenvalue weighted by molar-refractivity contribution is 6.07. The van der Waals surface area contributed by atoms with Gasteiger partial charge in [0.2, 0.25) is 0 Å². The standard InChI is InChI=1S/C22H25N3O4/c1-4-29-18-11-10-17(14-19(18)28-3)15-23-25-20(26)22(2,24-21(25)27)13-12-16-8-6-5-7-9-16/h5-11,14-15H,4,12-13H2,1-3H3,(H,24,27)/b23-15-/t22-/m1/s1. The van der Waals surface area contributed by atoms with Crippen LogP contribution in [0.4, 0.5) is 4.79 Å². The molecule has 0 unspecified atom stereocenters. The van der Waals surface area contributed by atoms with Gasteiger partial charge in [-0.2, -0.15) is 5.10 Å². The first kappa shape index (κ1) is 20.4. The zero-order valence-electron chi connectivity index (χ0n) is 16.8. The van der Waals surface area contributed by atoms with Crippen LogP contribution in [0.5, 0.6) is 11.5 Å². The first-order chi connectivity index (χ1) is 14.0. The van der Waals surface area contributed by atoms with E-state index in [9.17, 15) is 9.59 Å². The lowest BCUT2D eigenvalue weighted by Crippen LogP contribution is -2.44. The van der Waals surface area contributed by atoms with E-state index in [2.05, 4.69) is 10.4 Å². The molecule has 1 atom stereocenters. The van der Waals surface area contributed by atoms with E-state index in [1.807, 2.05) is 37.3 Å². The highest BCUT2D eigenvalue weighted by atomic mass is 16.5. The topological polar surface area (TPSA) is 80.2 Å². The van der Waals surface area contributed by atoms with Gasteiger partial charge in [0.1, 0.15) is 5.54 Å². The van der Waals surface area contributed by atoms with Crippen LogP contribution in [0.1, 0.15) is 31.4 Å². The van der Waals surface area contributed by atoms with Crippen molar-refractivity contribution in [2.24, 2.45) is 5.10 Å². The molecule has 3 amide bonds. The summed E-state index contributed by atoms with van der Waals surface area (Å²) < 4.78 is 10.8. The molecule has 1 saturated heterocycles. The highest BCUT2D eigenvalue weighted by Gasteiger charge is 2.47. The molecule has 7 heteroatoms. The molecule has 0 radical (unpaired) electrons. The molecule has 152 valence electrons. The van der Waals surface area contributed by atoms with Crippen molar-refractivity contribution < 1.29 is 19.1 Å². The number of nitrogens with one attached hydrogen (secondary N) is 1. The van der Waals surface area contributed by atoms with Gasteiger partial charge < -0.3 is 14.8 Å². The zero-order chi connectivity index (χ0) is 20.9. The number of ether oxygens (including phenoxy) is 2. The van der Waals surface area contributed by atoms with E-state index in [0.717, 1.165) is 10.6 Å². The molecule has 2 aromatic carbocycles. The molecule has 1 N–H and O–H groups in total. The number of carbonyl (C=O) groups is 2. The molecule has 1 aliphatic rings. The van der Waals surface area contributed by atoms with Crippen LogP contribution in [0.25, 0.3) is 0 Å². The molecule has 0 aromatic heterocycles. The number of benzene rings is 2. The SMILES string of the molecule is CCOc1ccc(/C=N\N2C(=O)N[C@](C)(CCc3ccccc3)C2=O)cc1OC. The van der Waals surface area contributed by atoms with E-state index >= 15 is 0 Å². The summed E-state index contributed by atoms with van der Waals surface area (Å²) in [5.41, 5.74) is 0.809. The van der Waals surface area contributed by atoms with E-state index in [1.54, 1.807) is 32.2 Å². The summed E-state index contributed by atoms with van der Waals surface area (Å²) >= 11 is 0. The summed E-state index contributed by atoms with van der Waals surface area (Å²) in [5, 5.41) is 7.75. The third-order valence-corrected chi connectivity index (χ3v) is 4.81. The molecule has 2 aromatic rings. The van der Waals surface area contributed by atoms with Crippen molar-refractivity contribution in [3.05, 3.63) is 59.7 Å². The van der Waals surface area contributed by atoms with Gasteiger partial charge in [0.15, 0.2) is 11.5 Å². The van der Waals surface area contributed by atoms with E-state index in [-0.39, 0.29) is 5.91 Å². The molecule has 0 saturated carbocycles. The number of hydrogen-bond acceptors (Lipinski definition) is 5. The molecular weight excluding hydrogens is 370 g/mol.